The SMILES string of the molecule is O=[N+]([O-])c1ccccc1S(=O)(=O)N1CCN([C@@H](c2ccccc2)c2ccc(Cl)cc2Cl)CC1. The Balaban J connectivity index is 1.61. The molecule has 7 nitrogen and oxygen atoms in total. The van der Waals surface area contributed by atoms with Crippen LogP contribution < -0.4 is 0 Å². The van der Waals surface area contributed by atoms with Crippen LogP contribution in [0.4, 0.5) is 5.69 Å². The molecule has 0 amide bonds. The lowest BCUT2D eigenvalue weighted by Crippen LogP contribution is -2.49. The summed E-state index contributed by atoms with van der Waals surface area (Å²) in [5.74, 6) is 0. The molecule has 1 saturated heterocycles. The molecule has 1 aliphatic rings. The Kier molecular flexibility index (Phi) is 7.02. The highest BCUT2D eigenvalue weighted by Crippen LogP contribution is 2.36. The number of piperazine rings is 1. The second kappa shape index (κ2) is 9.79. The maximum atomic E-state index is 13.2. The van der Waals surface area contributed by atoms with Crippen molar-refractivity contribution < 1.29 is 13.3 Å². The highest BCUT2D eigenvalue weighted by molar-refractivity contribution is 7.89. The molecule has 0 N–H and O–H groups in total. The van der Waals surface area contributed by atoms with Crippen LogP contribution in [0, 0.1) is 10.1 Å². The van der Waals surface area contributed by atoms with Gasteiger partial charge in [0, 0.05) is 42.3 Å². The molecular weight excluding hydrogens is 485 g/mol. The van der Waals surface area contributed by atoms with E-state index in [1.54, 1.807) is 12.1 Å². The summed E-state index contributed by atoms with van der Waals surface area (Å²) >= 11 is 12.6. The van der Waals surface area contributed by atoms with E-state index < -0.39 is 20.6 Å². The van der Waals surface area contributed by atoms with E-state index >= 15 is 0 Å². The molecular formula is C23H21Cl2N3O4S. The third-order valence-electron chi connectivity index (χ3n) is 5.69. The zero-order valence-electron chi connectivity index (χ0n) is 17.5. The molecule has 10 heteroatoms. The molecule has 0 aromatic heterocycles. The standard InChI is InChI=1S/C23H21Cl2N3O4S/c24-18-10-11-19(20(25)16-18)23(17-6-2-1-3-7-17)26-12-14-27(15-13-26)33(31,32)22-9-5-4-8-21(22)28(29)30/h1-11,16,23H,12-15H2/t23-/m0/s1. The number of sulfonamides is 1. The highest BCUT2D eigenvalue weighted by atomic mass is 35.5. The lowest BCUT2D eigenvalue weighted by Gasteiger charge is -2.39. The number of hydrogen-bond donors (Lipinski definition) is 0. The van der Waals surface area contributed by atoms with Crippen LogP contribution in [-0.2, 0) is 10.0 Å². The largest absolute Gasteiger partial charge is 0.290 e. The van der Waals surface area contributed by atoms with Crippen LogP contribution in [0.15, 0.2) is 77.7 Å². The Hall–Kier alpha value is -2.49. The molecule has 0 bridgehead atoms. The van der Waals surface area contributed by atoms with Crippen LogP contribution in [0.25, 0.3) is 0 Å². The molecule has 1 fully saturated rings. The molecule has 0 unspecified atom stereocenters. The Labute approximate surface area is 202 Å². The zero-order valence-corrected chi connectivity index (χ0v) is 19.8. The summed E-state index contributed by atoms with van der Waals surface area (Å²) in [4.78, 5) is 12.6. The van der Waals surface area contributed by atoms with Crippen molar-refractivity contribution in [1.29, 1.82) is 0 Å². The van der Waals surface area contributed by atoms with Gasteiger partial charge in [0.25, 0.3) is 5.69 Å². The molecule has 0 aliphatic carbocycles. The topological polar surface area (TPSA) is 83.8 Å². The van der Waals surface area contributed by atoms with Crippen LogP contribution in [0.2, 0.25) is 10.0 Å². The number of nitro benzene ring substituents is 1. The molecule has 172 valence electrons. The summed E-state index contributed by atoms with van der Waals surface area (Å²) in [5.41, 5.74) is 1.48. The smallest absolute Gasteiger partial charge is 0.289 e. The summed E-state index contributed by atoms with van der Waals surface area (Å²) in [6.07, 6.45) is 0. The van der Waals surface area contributed by atoms with Crippen LogP contribution in [0.3, 0.4) is 0 Å². The van der Waals surface area contributed by atoms with E-state index in [1.807, 2.05) is 36.4 Å². The van der Waals surface area contributed by atoms with Gasteiger partial charge >= 0.3 is 0 Å². The average Bonchev–Trinajstić information content (AvgIpc) is 2.82. The fraction of sp³-hybridized carbons (Fsp3) is 0.217. The Morgan fingerprint density at radius 1 is 0.879 bits per heavy atom. The fourth-order valence-electron chi connectivity index (χ4n) is 4.11. The van der Waals surface area contributed by atoms with E-state index in [2.05, 4.69) is 4.90 Å². The van der Waals surface area contributed by atoms with Crippen LogP contribution in [-0.4, -0.2) is 48.7 Å². The minimum absolute atomic E-state index is 0.188. The first-order chi connectivity index (χ1) is 15.8. The van der Waals surface area contributed by atoms with Gasteiger partial charge < -0.3 is 0 Å². The number of nitro groups is 1. The maximum absolute atomic E-state index is 13.2. The number of nitrogens with zero attached hydrogens (tertiary/aromatic N) is 3. The minimum atomic E-state index is -4.01. The van der Waals surface area contributed by atoms with E-state index in [1.165, 1.54) is 28.6 Å². The van der Waals surface area contributed by atoms with Gasteiger partial charge in [0.2, 0.25) is 10.0 Å². The Bertz CT molecular complexity index is 1260. The van der Waals surface area contributed by atoms with E-state index in [9.17, 15) is 18.5 Å². The maximum Gasteiger partial charge on any atom is 0.289 e. The minimum Gasteiger partial charge on any atom is -0.290 e. The van der Waals surface area contributed by atoms with Gasteiger partial charge in [-0.05, 0) is 29.3 Å². The van der Waals surface area contributed by atoms with Crippen molar-refractivity contribution in [1.82, 2.24) is 9.21 Å². The van der Waals surface area contributed by atoms with E-state index in [0.717, 1.165) is 11.1 Å². The van der Waals surface area contributed by atoms with Crippen LogP contribution in [0.5, 0.6) is 0 Å². The molecule has 4 rings (SSSR count). The monoisotopic (exact) mass is 505 g/mol. The molecule has 0 saturated carbocycles. The van der Waals surface area contributed by atoms with Crippen molar-refractivity contribution in [3.63, 3.8) is 0 Å². The van der Waals surface area contributed by atoms with E-state index in [-0.39, 0.29) is 24.0 Å². The quantitative estimate of drug-likeness (QED) is 0.347. The van der Waals surface area contributed by atoms with Crippen LogP contribution >= 0.6 is 23.2 Å². The third kappa shape index (κ3) is 4.90. The lowest BCUT2D eigenvalue weighted by molar-refractivity contribution is -0.387. The number of hydrogen-bond acceptors (Lipinski definition) is 5. The van der Waals surface area contributed by atoms with Crippen molar-refractivity contribution in [2.75, 3.05) is 26.2 Å². The molecule has 1 atom stereocenters. The normalized spacial score (nSPS) is 16.4. The number of para-hydroxylation sites is 1. The zero-order chi connectivity index (χ0) is 23.6. The van der Waals surface area contributed by atoms with Crippen molar-refractivity contribution >= 4 is 38.9 Å². The fourth-order valence-corrected chi connectivity index (χ4v) is 6.20. The van der Waals surface area contributed by atoms with Crippen molar-refractivity contribution in [2.45, 2.75) is 10.9 Å². The summed E-state index contributed by atoms with van der Waals surface area (Å²) in [6.45, 7) is 1.25. The van der Waals surface area contributed by atoms with Crippen molar-refractivity contribution in [3.8, 4) is 0 Å². The first-order valence-electron chi connectivity index (χ1n) is 10.3. The first-order valence-corrected chi connectivity index (χ1v) is 12.5. The second-order valence-corrected chi connectivity index (χ2v) is 10.4. The van der Waals surface area contributed by atoms with E-state index in [4.69, 9.17) is 23.2 Å². The number of halogens is 2. The predicted octanol–water partition coefficient (Wildman–Crippen LogP) is 5.00. The summed E-state index contributed by atoms with van der Waals surface area (Å²) in [5, 5.41) is 12.4. The molecule has 3 aromatic carbocycles. The van der Waals surface area contributed by atoms with Gasteiger partial charge in [0.1, 0.15) is 0 Å². The molecule has 0 spiro atoms. The third-order valence-corrected chi connectivity index (χ3v) is 8.20. The molecule has 1 heterocycles. The van der Waals surface area contributed by atoms with Gasteiger partial charge in [0.05, 0.1) is 11.0 Å². The molecule has 0 radical (unpaired) electrons. The Morgan fingerprint density at radius 2 is 1.52 bits per heavy atom. The molecule has 1 aliphatic heterocycles. The highest BCUT2D eigenvalue weighted by Gasteiger charge is 2.35. The number of rotatable bonds is 6. The van der Waals surface area contributed by atoms with Crippen molar-refractivity contribution in [3.05, 3.63) is 104 Å². The average molecular weight is 506 g/mol. The van der Waals surface area contributed by atoms with Crippen LogP contribution in [0.1, 0.15) is 17.2 Å². The van der Waals surface area contributed by atoms with Gasteiger partial charge in [-0.15, -0.1) is 0 Å². The predicted molar refractivity (Wildman–Crippen MR) is 128 cm³/mol. The number of benzene rings is 3. The second-order valence-electron chi connectivity index (χ2n) is 7.64. The van der Waals surface area contributed by atoms with Gasteiger partial charge in [-0.1, -0.05) is 71.7 Å². The lowest BCUT2D eigenvalue weighted by atomic mass is 9.96. The molecule has 33 heavy (non-hydrogen) atoms. The van der Waals surface area contributed by atoms with Gasteiger partial charge in [-0.2, -0.15) is 4.31 Å². The van der Waals surface area contributed by atoms with Gasteiger partial charge in [0.15, 0.2) is 4.90 Å². The summed E-state index contributed by atoms with van der Waals surface area (Å²) < 4.78 is 27.7. The van der Waals surface area contributed by atoms with Gasteiger partial charge in [-0.3, -0.25) is 15.0 Å². The first kappa shape index (κ1) is 23.7. The summed E-state index contributed by atoms with van der Waals surface area (Å²) in [7, 11) is -4.01. The summed E-state index contributed by atoms with van der Waals surface area (Å²) in [6, 6.07) is 20.4. The molecule has 3 aromatic rings. The van der Waals surface area contributed by atoms with Gasteiger partial charge in [-0.25, -0.2) is 8.42 Å². The van der Waals surface area contributed by atoms with Crippen molar-refractivity contribution in [2.24, 2.45) is 0 Å². The Morgan fingerprint density at radius 3 is 2.15 bits per heavy atom. The van der Waals surface area contributed by atoms with E-state index in [0.29, 0.717) is 23.1 Å².